The Kier molecular flexibility index (Phi) is 4.93. The minimum atomic E-state index is 0.731. The molecule has 1 aromatic carbocycles. The molecule has 0 saturated heterocycles. The van der Waals surface area contributed by atoms with Crippen LogP contribution in [0, 0.1) is 12.8 Å². The SMILES string of the molecule is Cc1ccccc1CSCCNC(C)C1CC1. The Balaban J connectivity index is 1.58. The molecule has 0 amide bonds. The fourth-order valence-corrected chi connectivity index (χ4v) is 3.03. The van der Waals surface area contributed by atoms with Crippen molar-refractivity contribution in [1.82, 2.24) is 5.32 Å². The van der Waals surface area contributed by atoms with Crippen molar-refractivity contribution in [3.05, 3.63) is 35.4 Å². The fraction of sp³-hybridized carbons (Fsp3) is 0.600. The quantitative estimate of drug-likeness (QED) is 0.741. The van der Waals surface area contributed by atoms with Gasteiger partial charge in [-0.2, -0.15) is 11.8 Å². The molecule has 1 aromatic rings. The van der Waals surface area contributed by atoms with Gasteiger partial charge in [-0.1, -0.05) is 24.3 Å². The Labute approximate surface area is 109 Å². The van der Waals surface area contributed by atoms with Crippen LogP contribution in [0.3, 0.4) is 0 Å². The van der Waals surface area contributed by atoms with E-state index in [-0.39, 0.29) is 0 Å². The Morgan fingerprint density at radius 3 is 2.82 bits per heavy atom. The van der Waals surface area contributed by atoms with Crippen molar-refractivity contribution in [2.24, 2.45) is 5.92 Å². The average molecular weight is 249 g/mol. The maximum Gasteiger partial charge on any atom is 0.0187 e. The Bertz CT molecular complexity index is 347. The van der Waals surface area contributed by atoms with Crippen LogP contribution in [0.1, 0.15) is 30.9 Å². The lowest BCUT2D eigenvalue weighted by molar-refractivity contribution is 0.514. The summed E-state index contributed by atoms with van der Waals surface area (Å²) in [5.74, 6) is 3.33. The van der Waals surface area contributed by atoms with Crippen LogP contribution in [0.25, 0.3) is 0 Å². The van der Waals surface area contributed by atoms with Gasteiger partial charge in [0, 0.05) is 24.1 Å². The summed E-state index contributed by atoms with van der Waals surface area (Å²) in [6, 6.07) is 9.42. The summed E-state index contributed by atoms with van der Waals surface area (Å²) in [5.41, 5.74) is 2.90. The number of rotatable bonds is 7. The highest BCUT2D eigenvalue weighted by molar-refractivity contribution is 7.98. The Morgan fingerprint density at radius 2 is 2.12 bits per heavy atom. The second kappa shape index (κ2) is 6.46. The van der Waals surface area contributed by atoms with Gasteiger partial charge in [0.1, 0.15) is 0 Å². The van der Waals surface area contributed by atoms with Gasteiger partial charge in [-0.05, 0) is 43.7 Å². The number of benzene rings is 1. The first kappa shape index (κ1) is 13.0. The third kappa shape index (κ3) is 4.36. The predicted octanol–water partition coefficient (Wildman–Crippen LogP) is 3.62. The number of nitrogens with one attached hydrogen (secondary N) is 1. The summed E-state index contributed by atoms with van der Waals surface area (Å²) < 4.78 is 0. The van der Waals surface area contributed by atoms with Gasteiger partial charge in [0.15, 0.2) is 0 Å². The maximum atomic E-state index is 3.62. The molecular formula is C15H23NS. The zero-order valence-electron chi connectivity index (χ0n) is 10.9. The minimum absolute atomic E-state index is 0.731. The third-order valence-corrected chi connectivity index (χ3v) is 4.57. The number of hydrogen-bond donors (Lipinski definition) is 1. The van der Waals surface area contributed by atoms with Crippen molar-refractivity contribution < 1.29 is 0 Å². The molecular weight excluding hydrogens is 226 g/mol. The van der Waals surface area contributed by atoms with Gasteiger partial charge in [-0.3, -0.25) is 0 Å². The van der Waals surface area contributed by atoms with E-state index >= 15 is 0 Å². The Morgan fingerprint density at radius 1 is 1.35 bits per heavy atom. The van der Waals surface area contributed by atoms with Gasteiger partial charge >= 0.3 is 0 Å². The summed E-state index contributed by atoms with van der Waals surface area (Å²) in [6.45, 7) is 5.67. The highest BCUT2D eigenvalue weighted by Crippen LogP contribution is 2.32. The van der Waals surface area contributed by atoms with Crippen LogP contribution >= 0.6 is 11.8 Å². The molecule has 1 saturated carbocycles. The monoisotopic (exact) mass is 249 g/mol. The summed E-state index contributed by atoms with van der Waals surface area (Å²) in [4.78, 5) is 0. The van der Waals surface area contributed by atoms with Crippen molar-refractivity contribution in [2.45, 2.75) is 38.5 Å². The molecule has 0 bridgehead atoms. The zero-order valence-corrected chi connectivity index (χ0v) is 11.7. The molecule has 17 heavy (non-hydrogen) atoms. The first-order chi connectivity index (χ1) is 8.27. The topological polar surface area (TPSA) is 12.0 Å². The van der Waals surface area contributed by atoms with Crippen LogP contribution < -0.4 is 5.32 Å². The first-order valence-electron chi connectivity index (χ1n) is 6.63. The number of aryl methyl sites for hydroxylation is 1. The molecule has 0 radical (unpaired) electrons. The van der Waals surface area contributed by atoms with Gasteiger partial charge in [-0.15, -0.1) is 0 Å². The highest BCUT2D eigenvalue weighted by Gasteiger charge is 2.26. The molecule has 0 spiro atoms. The summed E-state index contributed by atoms with van der Waals surface area (Å²) in [7, 11) is 0. The molecule has 1 aliphatic carbocycles. The molecule has 1 aliphatic rings. The van der Waals surface area contributed by atoms with Crippen molar-refractivity contribution in [3.8, 4) is 0 Å². The van der Waals surface area contributed by atoms with Crippen LogP contribution in [0.15, 0.2) is 24.3 Å². The third-order valence-electron chi connectivity index (χ3n) is 3.56. The molecule has 1 atom stereocenters. The summed E-state index contributed by atoms with van der Waals surface area (Å²) >= 11 is 2.03. The molecule has 1 fully saturated rings. The average Bonchev–Trinajstić information content (AvgIpc) is 3.14. The van der Waals surface area contributed by atoms with E-state index < -0.39 is 0 Å². The van der Waals surface area contributed by atoms with E-state index in [0.717, 1.165) is 24.3 Å². The van der Waals surface area contributed by atoms with Gasteiger partial charge < -0.3 is 5.32 Å². The first-order valence-corrected chi connectivity index (χ1v) is 7.78. The second-order valence-corrected chi connectivity index (χ2v) is 6.16. The zero-order chi connectivity index (χ0) is 12.1. The summed E-state index contributed by atoms with van der Waals surface area (Å²) in [5, 5.41) is 3.62. The Hall–Kier alpha value is -0.470. The maximum absolute atomic E-state index is 3.62. The van der Waals surface area contributed by atoms with Gasteiger partial charge in [-0.25, -0.2) is 0 Å². The van der Waals surface area contributed by atoms with Crippen LogP contribution in [-0.4, -0.2) is 18.3 Å². The molecule has 0 heterocycles. The van der Waals surface area contributed by atoms with E-state index in [4.69, 9.17) is 0 Å². The van der Waals surface area contributed by atoms with Crippen LogP contribution in [-0.2, 0) is 5.75 Å². The fourth-order valence-electron chi connectivity index (χ4n) is 2.08. The minimum Gasteiger partial charge on any atom is -0.313 e. The highest BCUT2D eigenvalue weighted by atomic mass is 32.2. The van der Waals surface area contributed by atoms with E-state index in [2.05, 4.69) is 43.4 Å². The van der Waals surface area contributed by atoms with Crippen molar-refractivity contribution in [2.75, 3.05) is 12.3 Å². The standard InChI is InChI=1S/C15H23NS/c1-12-5-3-4-6-15(12)11-17-10-9-16-13(2)14-7-8-14/h3-6,13-14,16H,7-11H2,1-2H3. The van der Waals surface area contributed by atoms with Crippen molar-refractivity contribution >= 4 is 11.8 Å². The summed E-state index contributed by atoms with van der Waals surface area (Å²) in [6.07, 6.45) is 2.87. The smallest absolute Gasteiger partial charge is 0.0187 e. The molecule has 0 aliphatic heterocycles. The van der Waals surface area contributed by atoms with E-state index in [1.807, 2.05) is 11.8 Å². The predicted molar refractivity (Wildman–Crippen MR) is 77.5 cm³/mol. The van der Waals surface area contributed by atoms with Gasteiger partial charge in [0.2, 0.25) is 0 Å². The largest absolute Gasteiger partial charge is 0.313 e. The lowest BCUT2D eigenvalue weighted by Gasteiger charge is -2.12. The van der Waals surface area contributed by atoms with E-state index in [9.17, 15) is 0 Å². The molecule has 1 N–H and O–H groups in total. The van der Waals surface area contributed by atoms with Crippen LogP contribution in [0.5, 0.6) is 0 Å². The lowest BCUT2D eigenvalue weighted by Crippen LogP contribution is -2.29. The second-order valence-electron chi connectivity index (χ2n) is 5.06. The molecule has 1 nitrogen and oxygen atoms in total. The molecule has 2 rings (SSSR count). The van der Waals surface area contributed by atoms with Crippen molar-refractivity contribution in [3.63, 3.8) is 0 Å². The van der Waals surface area contributed by atoms with Crippen LogP contribution in [0.4, 0.5) is 0 Å². The molecule has 1 unspecified atom stereocenters. The number of hydrogen-bond acceptors (Lipinski definition) is 2. The molecule has 0 aromatic heterocycles. The molecule has 2 heteroatoms. The van der Waals surface area contributed by atoms with E-state index in [0.29, 0.717) is 0 Å². The van der Waals surface area contributed by atoms with E-state index in [1.54, 1.807) is 0 Å². The van der Waals surface area contributed by atoms with E-state index in [1.165, 1.54) is 29.7 Å². The van der Waals surface area contributed by atoms with Crippen LogP contribution in [0.2, 0.25) is 0 Å². The normalized spacial score (nSPS) is 17.1. The lowest BCUT2D eigenvalue weighted by atomic mass is 10.1. The number of thioether (sulfide) groups is 1. The molecule has 94 valence electrons. The van der Waals surface area contributed by atoms with Crippen molar-refractivity contribution in [1.29, 1.82) is 0 Å². The van der Waals surface area contributed by atoms with Gasteiger partial charge in [0.05, 0.1) is 0 Å². The van der Waals surface area contributed by atoms with Gasteiger partial charge in [0.25, 0.3) is 0 Å².